The fraction of sp³-hybridized carbons (Fsp3) is 0.286. The largest absolute Gasteiger partial charge is 0.346 e. The fourth-order valence-electron chi connectivity index (χ4n) is 3.11. The van der Waals surface area contributed by atoms with Gasteiger partial charge in [0.25, 0.3) is 0 Å². The highest BCUT2D eigenvalue weighted by Gasteiger charge is 2.30. The summed E-state index contributed by atoms with van der Waals surface area (Å²) >= 11 is 0. The number of hydrogen-bond acceptors (Lipinski definition) is 5. The highest BCUT2D eigenvalue weighted by Crippen LogP contribution is 2.36. The van der Waals surface area contributed by atoms with Crippen molar-refractivity contribution in [1.29, 1.82) is 0 Å². The van der Waals surface area contributed by atoms with E-state index in [4.69, 9.17) is 0 Å². The highest BCUT2D eigenvalue weighted by atomic mass is 32.2. The molecule has 0 bridgehead atoms. The van der Waals surface area contributed by atoms with Crippen molar-refractivity contribution in [2.75, 3.05) is 6.54 Å². The van der Waals surface area contributed by atoms with Gasteiger partial charge in [-0.25, -0.2) is 22.6 Å². The molecule has 2 aromatic heterocycles. The minimum Gasteiger partial charge on any atom is -0.272 e. The van der Waals surface area contributed by atoms with Crippen molar-refractivity contribution in [3.05, 3.63) is 75.8 Å². The van der Waals surface area contributed by atoms with E-state index in [1.807, 2.05) is 37.3 Å². The summed E-state index contributed by atoms with van der Waals surface area (Å²) in [6, 6.07) is 11.3. The lowest BCUT2D eigenvalue weighted by molar-refractivity contribution is 0.551. The molecule has 1 aliphatic carbocycles. The molecule has 8 nitrogen and oxygen atoms in total. The van der Waals surface area contributed by atoms with Crippen LogP contribution in [0.3, 0.4) is 0 Å². The van der Waals surface area contributed by atoms with Crippen LogP contribution in [0.2, 0.25) is 0 Å². The van der Waals surface area contributed by atoms with Crippen LogP contribution in [0.1, 0.15) is 30.0 Å². The Morgan fingerprint density at radius 1 is 1.20 bits per heavy atom. The molecular weight excluding hydrogens is 402 g/mol. The Balaban J connectivity index is 1.45. The summed E-state index contributed by atoms with van der Waals surface area (Å²) in [7, 11) is -3.62. The van der Waals surface area contributed by atoms with Crippen LogP contribution in [0.4, 0.5) is 0 Å². The van der Waals surface area contributed by atoms with E-state index in [1.54, 1.807) is 23.0 Å². The average Bonchev–Trinajstić information content (AvgIpc) is 3.52. The third kappa shape index (κ3) is 4.74. The molecule has 0 amide bonds. The maximum atomic E-state index is 12.8. The van der Waals surface area contributed by atoms with Crippen LogP contribution < -0.4 is 10.4 Å². The number of rotatable bonds is 8. The smallest absolute Gasteiger partial charge is 0.272 e. The summed E-state index contributed by atoms with van der Waals surface area (Å²) in [4.78, 5) is 16.9. The Morgan fingerprint density at radius 3 is 2.63 bits per heavy atom. The first-order valence-electron chi connectivity index (χ1n) is 9.77. The summed E-state index contributed by atoms with van der Waals surface area (Å²) in [6.45, 7) is 2.18. The number of benzene rings is 1. The Kier molecular flexibility index (Phi) is 5.65. The van der Waals surface area contributed by atoms with E-state index in [2.05, 4.69) is 14.8 Å². The molecule has 156 valence electrons. The zero-order chi connectivity index (χ0) is 21.1. The van der Waals surface area contributed by atoms with Crippen molar-refractivity contribution in [3.63, 3.8) is 0 Å². The number of sulfonamides is 1. The number of pyridine rings is 1. The number of aryl methyl sites for hydroxylation is 1. The van der Waals surface area contributed by atoms with Crippen LogP contribution in [-0.2, 0) is 16.6 Å². The van der Waals surface area contributed by atoms with Gasteiger partial charge in [0.15, 0.2) is 5.82 Å². The van der Waals surface area contributed by atoms with Crippen molar-refractivity contribution in [1.82, 2.24) is 24.1 Å². The maximum absolute atomic E-state index is 12.8. The van der Waals surface area contributed by atoms with Crippen LogP contribution in [0, 0.1) is 6.92 Å². The van der Waals surface area contributed by atoms with E-state index in [-0.39, 0.29) is 24.8 Å². The summed E-state index contributed by atoms with van der Waals surface area (Å²) in [6.07, 6.45) is 6.75. The zero-order valence-corrected chi connectivity index (χ0v) is 17.4. The van der Waals surface area contributed by atoms with E-state index in [0.29, 0.717) is 5.82 Å². The van der Waals surface area contributed by atoms with Gasteiger partial charge in [-0.05, 0) is 43.5 Å². The first-order chi connectivity index (χ1) is 14.4. The molecule has 2 heterocycles. The normalized spacial score (nSPS) is 14.4. The molecule has 1 fully saturated rings. The number of aromatic nitrogens is 4. The average molecular weight is 426 g/mol. The summed E-state index contributed by atoms with van der Waals surface area (Å²) in [5.41, 5.74) is 2.44. The SMILES string of the molecule is Cc1ccc(C=CS(=O)(=O)NCCn2nc(-c3cccnc3)n(C3CC3)c2=O)cc1. The molecule has 0 atom stereocenters. The monoisotopic (exact) mass is 425 g/mol. The minimum absolute atomic E-state index is 0.0641. The molecule has 1 aliphatic rings. The van der Waals surface area contributed by atoms with Crippen LogP contribution in [0.5, 0.6) is 0 Å². The van der Waals surface area contributed by atoms with Crippen molar-refractivity contribution in [3.8, 4) is 11.4 Å². The van der Waals surface area contributed by atoms with Gasteiger partial charge in [0, 0.05) is 36.0 Å². The predicted molar refractivity (Wildman–Crippen MR) is 115 cm³/mol. The molecular formula is C21H23N5O3S. The van der Waals surface area contributed by atoms with Crippen LogP contribution in [-0.4, -0.2) is 34.3 Å². The molecule has 0 radical (unpaired) electrons. The molecule has 3 aromatic rings. The van der Waals surface area contributed by atoms with Gasteiger partial charge in [-0.3, -0.25) is 9.55 Å². The van der Waals surface area contributed by atoms with E-state index < -0.39 is 10.0 Å². The van der Waals surface area contributed by atoms with Crippen LogP contribution in [0.15, 0.2) is 59.0 Å². The molecule has 1 N–H and O–H groups in total. The molecule has 9 heteroatoms. The number of nitrogens with one attached hydrogen (secondary N) is 1. The Bertz CT molecular complexity index is 1210. The Hall–Kier alpha value is -3.04. The maximum Gasteiger partial charge on any atom is 0.346 e. The topological polar surface area (TPSA) is 98.9 Å². The van der Waals surface area contributed by atoms with Gasteiger partial charge in [-0.2, -0.15) is 0 Å². The molecule has 0 saturated heterocycles. The third-order valence-electron chi connectivity index (χ3n) is 4.85. The van der Waals surface area contributed by atoms with Crippen LogP contribution >= 0.6 is 0 Å². The van der Waals surface area contributed by atoms with E-state index in [9.17, 15) is 13.2 Å². The second-order valence-electron chi connectivity index (χ2n) is 7.32. The first-order valence-corrected chi connectivity index (χ1v) is 11.3. The van der Waals surface area contributed by atoms with Gasteiger partial charge >= 0.3 is 5.69 Å². The molecule has 1 aromatic carbocycles. The molecule has 0 aliphatic heterocycles. The fourth-order valence-corrected chi connectivity index (χ4v) is 3.92. The van der Waals surface area contributed by atoms with E-state index in [1.165, 1.54) is 10.8 Å². The van der Waals surface area contributed by atoms with Gasteiger partial charge < -0.3 is 0 Å². The lowest BCUT2D eigenvalue weighted by atomic mass is 10.2. The quantitative estimate of drug-likeness (QED) is 0.597. The summed E-state index contributed by atoms with van der Waals surface area (Å²) < 4.78 is 30.0. The van der Waals surface area contributed by atoms with Gasteiger partial charge in [-0.15, -0.1) is 5.10 Å². The summed E-state index contributed by atoms with van der Waals surface area (Å²) in [5.74, 6) is 0.567. The first kappa shape index (κ1) is 20.2. The molecule has 30 heavy (non-hydrogen) atoms. The van der Waals surface area contributed by atoms with Crippen molar-refractivity contribution >= 4 is 16.1 Å². The van der Waals surface area contributed by atoms with Gasteiger partial charge in [0.2, 0.25) is 10.0 Å². The molecule has 1 saturated carbocycles. The number of nitrogens with zero attached hydrogens (tertiary/aromatic N) is 4. The molecule has 0 spiro atoms. The minimum atomic E-state index is -3.62. The molecule has 4 rings (SSSR count). The standard InChI is InChI=1S/C21H23N5O3S/c1-16-4-6-17(7-5-16)10-14-30(28,29)23-12-13-25-21(27)26(19-8-9-19)20(24-25)18-3-2-11-22-15-18/h2-7,10-11,14-15,19,23H,8-9,12-13H2,1H3. The second kappa shape index (κ2) is 8.37. The Morgan fingerprint density at radius 2 is 1.97 bits per heavy atom. The van der Waals surface area contributed by atoms with E-state index in [0.717, 1.165) is 34.9 Å². The van der Waals surface area contributed by atoms with E-state index >= 15 is 0 Å². The van der Waals surface area contributed by atoms with Crippen molar-refractivity contribution in [2.45, 2.75) is 32.4 Å². The molecule has 0 unspecified atom stereocenters. The van der Waals surface area contributed by atoms with Gasteiger partial charge in [-0.1, -0.05) is 29.8 Å². The zero-order valence-electron chi connectivity index (χ0n) is 16.6. The van der Waals surface area contributed by atoms with Crippen molar-refractivity contribution < 1.29 is 8.42 Å². The van der Waals surface area contributed by atoms with Crippen molar-refractivity contribution in [2.24, 2.45) is 0 Å². The highest BCUT2D eigenvalue weighted by molar-refractivity contribution is 7.92. The lowest BCUT2D eigenvalue weighted by Crippen LogP contribution is -2.31. The van der Waals surface area contributed by atoms with Gasteiger partial charge in [0.05, 0.1) is 6.54 Å². The second-order valence-corrected chi connectivity index (χ2v) is 8.98. The summed E-state index contributed by atoms with van der Waals surface area (Å²) in [5, 5.41) is 5.57. The lowest BCUT2D eigenvalue weighted by Gasteiger charge is -2.02. The van der Waals surface area contributed by atoms with Gasteiger partial charge in [0.1, 0.15) is 0 Å². The predicted octanol–water partition coefficient (Wildman–Crippen LogP) is 2.34. The Labute approximate surface area is 174 Å². The van der Waals surface area contributed by atoms with Crippen LogP contribution in [0.25, 0.3) is 17.5 Å². The number of hydrogen-bond donors (Lipinski definition) is 1. The third-order valence-corrected chi connectivity index (χ3v) is 5.95.